The number of methoxy groups -OCH3 is 1. The molecule has 24 heavy (non-hydrogen) atoms. The van der Waals surface area contributed by atoms with Crippen molar-refractivity contribution in [3.63, 3.8) is 0 Å². The normalized spacial score (nSPS) is 14.1. The predicted molar refractivity (Wildman–Crippen MR) is 82.9 cm³/mol. The maximum absolute atomic E-state index is 13.5. The van der Waals surface area contributed by atoms with Gasteiger partial charge in [0.2, 0.25) is 0 Å². The van der Waals surface area contributed by atoms with E-state index < -0.39 is 24.2 Å². The molecule has 0 radical (unpaired) electrons. The second-order valence-electron chi connectivity index (χ2n) is 5.23. The molecule has 0 bridgehead atoms. The highest BCUT2D eigenvalue weighted by Gasteiger charge is 2.54. The molecule has 1 unspecified atom stereocenters. The van der Waals surface area contributed by atoms with E-state index in [4.69, 9.17) is 11.6 Å². The number of benzene rings is 2. The molecule has 0 saturated heterocycles. The summed E-state index contributed by atoms with van der Waals surface area (Å²) in [5.74, 6) is -0.592. The number of hydrogen-bond donors (Lipinski definition) is 1. The third-order valence-electron chi connectivity index (χ3n) is 3.63. The second kappa shape index (κ2) is 6.83. The van der Waals surface area contributed by atoms with Gasteiger partial charge in [0, 0.05) is 11.4 Å². The Bertz CT molecular complexity index is 711. The van der Waals surface area contributed by atoms with Crippen molar-refractivity contribution in [1.82, 2.24) is 0 Å². The Balaban J connectivity index is 2.36. The lowest BCUT2D eigenvalue weighted by Gasteiger charge is -2.31. The maximum Gasteiger partial charge on any atom is 0.421 e. The monoisotopic (exact) mass is 358 g/mol. The quantitative estimate of drug-likeness (QED) is 0.836. The van der Waals surface area contributed by atoms with Gasteiger partial charge in [0.25, 0.3) is 0 Å². The molecule has 0 spiro atoms. The Kier molecular flexibility index (Phi) is 5.20. The summed E-state index contributed by atoms with van der Waals surface area (Å²) in [6.07, 6.45) is -5.58. The fourth-order valence-corrected chi connectivity index (χ4v) is 2.39. The van der Waals surface area contributed by atoms with Gasteiger partial charge in [-0.05, 0) is 35.4 Å². The fourth-order valence-electron chi connectivity index (χ4n) is 2.26. The molecule has 128 valence electrons. The summed E-state index contributed by atoms with van der Waals surface area (Å²) in [7, 11) is 1.21. The summed E-state index contributed by atoms with van der Waals surface area (Å²) in [5.41, 5.74) is -2.94. The van der Waals surface area contributed by atoms with Crippen LogP contribution in [0.5, 0.6) is 0 Å². The summed E-state index contributed by atoms with van der Waals surface area (Å²) in [6.45, 7) is 0. The van der Waals surface area contributed by atoms with Crippen LogP contribution in [0, 0.1) is 0 Å². The summed E-state index contributed by atoms with van der Waals surface area (Å²) >= 11 is 5.69. The van der Waals surface area contributed by atoms with Crippen LogP contribution in [0.4, 0.5) is 13.2 Å². The summed E-state index contributed by atoms with van der Waals surface area (Å²) < 4.78 is 45.0. The Morgan fingerprint density at radius 2 is 1.62 bits per heavy atom. The second-order valence-corrected chi connectivity index (χ2v) is 5.67. The highest BCUT2D eigenvalue weighted by Crippen LogP contribution is 2.41. The SMILES string of the molecule is COC(=O)c1ccc(CC(O)(c2ccc(Cl)cc2)C(F)(F)F)cc1. The van der Waals surface area contributed by atoms with E-state index in [0.29, 0.717) is 0 Å². The Hall–Kier alpha value is -2.05. The Morgan fingerprint density at radius 3 is 2.08 bits per heavy atom. The molecule has 2 aromatic rings. The van der Waals surface area contributed by atoms with Gasteiger partial charge < -0.3 is 9.84 Å². The van der Waals surface area contributed by atoms with Gasteiger partial charge in [0.1, 0.15) is 0 Å². The molecule has 0 saturated carbocycles. The van der Waals surface area contributed by atoms with Crippen LogP contribution in [0.1, 0.15) is 21.5 Å². The van der Waals surface area contributed by atoms with Gasteiger partial charge in [-0.15, -0.1) is 0 Å². The van der Waals surface area contributed by atoms with E-state index in [1.165, 1.54) is 43.5 Å². The van der Waals surface area contributed by atoms with E-state index in [9.17, 15) is 23.1 Å². The van der Waals surface area contributed by atoms with E-state index in [1.54, 1.807) is 0 Å². The van der Waals surface area contributed by atoms with Crippen molar-refractivity contribution >= 4 is 17.6 Å². The molecule has 7 heteroatoms. The molecule has 1 N–H and O–H groups in total. The number of aliphatic hydroxyl groups is 1. The van der Waals surface area contributed by atoms with Gasteiger partial charge in [0.05, 0.1) is 12.7 Å². The topological polar surface area (TPSA) is 46.5 Å². The number of alkyl halides is 3. The van der Waals surface area contributed by atoms with Crippen LogP contribution in [-0.2, 0) is 16.8 Å². The molecule has 3 nitrogen and oxygen atoms in total. The molecule has 0 heterocycles. The van der Waals surface area contributed by atoms with Gasteiger partial charge in [-0.1, -0.05) is 35.9 Å². The van der Waals surface area contributed by atoms with Crippen LogP contribution >= 0.6 is 11.6 Å². The number of carbonyl (C=O) groups is 1. The van der Waals surface area contributed by atoms with E-state index in [2.05, 4.69) is 4.74 Å². The Morgan fingerprint density at radius 1 is 1.08 bits per heavy atom. The first kappa shape index (κ1) is 18.3. The van der Waals surface area contributed by atoms with Crippen molar-refractivity contribution in [3.05, 3.63) is 70.2 Å². The molecule has 1 atom stereocenters. The first-order valence-electron chi connectivity index (χ1n) is 6.90. The highest BCUT2D eigenvalue weighted by molar-refractivity contribution is 6.30. The van der Waals surface area contributed by atoms with E-state index >= 15 is 0 Å². The number of ether oxygens (including phenoxy) is 1. The highest BCUT2D eigenvalue weighted by atomic mass is 35.5. The lowest BCUT2D eigenvalue weighted by atomic mass is 9.86. The number of rotatable bonds is 4. The number of carbonyl (C=O) groups excluding carboxylic acids is 1. The summed E-state index contributed by atoms with van der Waals surface area (Å²) in [4.78, 5) is 11.4. The lowest BCUT2D eigenvalue weighted by molar-refractivity contribution is -0.266. The molecule has 0 aliphatic rings. The smallest absolute Gasteiger partial charge is 0.421 e. The average Bonchev–Trinajstić information content (AvgIpc) is 2.54. The standard InChI is InChI=1S/C17H14ClF3O3/c1-24-15(22)12-4-2-11(3-5-12)10-16(23,17(19,20)21)13-6-8-14(18)9-7-13/h2-9,23H,10H2,1H3. The molecule has 0 aliphatic carbocycles. The third-order valence-corrected chi connectivity index (χ3v) is 3.88. The van der Waals surface area contributed by atoms with Gasteiger partial charge >= 0.3 is 12.1 Å². The average molecular weight is 359 g/mol. The first-order valence-corrected chi connectivity index (χ1v) is 7.27. The minimum atomic E-state index is -4.89. The first-order chi connectivity index (χ1) is 11.2. The van der Waals surface area contributed by atoms with Crippen LogP contribution in [0.15, 0.2) is 48.5 Å². The summed E-state index contributed by atoms with van der Waals surface area (Å²) in [5, 5.41) is 10.6. The molecule has 0 aliphatic heterocycles. The zero-order valence-electron chi connectivity index (χ0n) is 12.6. The molecule has 2 rings (SSSR count). The zero-order valence-corrected chi connectivity index (χ0v) is 13.4. The van der Waals surface area contributed by atoms with Crippen LogP contribution in [0.3, 0.4) is 0 Å². The largest absolute Gasteiger partial charge is 0.465 e. The molecule has 0 amide bonds. The van der Waals surface area contributed by atoms with Crippen LogP contribution in [-0.4, -0.2) is 24.4 Å². The van der Waals surface area contributed by atoms with Crippen molar-refractivity contribution < 1.29 is 27.8 Å². The van der Waals surface area contributed by atoms with Gasteiger partial charge in [-0.3, -0.25) is 0 Å². The molecule has 0 fully saturated rings. The van der Waals surface area contributed by atoms with Gasteiger partial charge in [-0.25, -0.2) is 4.79 Å². The van der Waals surface area contributed by atoms with E-state index in [-0.39, 0.29) is 21.7 Å². The number of hydrogen-bond acceptors (Lipinski definition) is 3. The van der Waals surface area contributed by atoms with Crippen molar-refractivity contribution in [2.45, 2.75) is 18.2 Å². The molecule has 2 aromatic carbocycles. The van der Waals surface area contributed by atoms with Crippen molar-refractivity contribution in [2.75, 3.05) is 7.11 Å². The fraction of sp³-hybridized carbons (Fsp3) is 0.235. The van der Waals surface area contributed by atoms with E-state index in [1.807, 2.05) is 0 Å². The van der Waals surface area contributed by atoms with Gasteiger partial charge in [0.15, 0.2) is 5.60 Å². The molecular weight excluding hydrogens is 345 g/mol. The predicted octanol–water partition coefficient (Wildman–Crippen LogP) is 4.12. The summed E-state index contributed by atoms with van der Waals surface area (Å²) in [6, 6.07) is 10.2. The minimum absolute atomic E-state index is 0.211. The van der Waals surface area contributed by atoms with Crippen molar-refractivity contribution in [3.8, 4) is 0 Å². The molecular formula is C17H14ClF3O3. The van der Waals surface area contributed by atoms with E-state index in [0.717, 1.165) is 12.1 Å². The molecule has 0 aromatic heterocycles. The Labute approximate surface area is 141 Å². The van der Waals surface area contributed by atoms with Crippen molar-refractivity contribution in [2.24, 2.45) is 0 Å². The minimum Gasteiger partial charge on any atom is -0.465 e. The third kappa shape index (κ3) is 3.71. The lowest BCUT2D eigenvalue weighted by Crippen LogP contribution is -2.44. The van der Waals surface area contributed by atoms with Crippen LogP contribution in [0.25, 0.3) is 0 Å². The van der Waals surface area contributed by atoms with Crippen molar-refractivity contribution in [1.29, 1.82) is 0 Å². The van der Waals surface area contributed by atoms with Crippen LogP contribution < -0.4 is 0 Å². The number of esters is 1. The van der Waals surface area contributed by atoms with Gasteiger partial charge in [-0.2, -0.15) is 13.2 Å². The van der Waals surface area contributed by atoms with Crippen LogP contribution in [0.2, 0.25) is 5.02 Å². The zero-order chi connectivity index (χ0) is 18.0. The number of halogens is 4. The maximum atomic E-state index is 13.5.